The van der Waals surface area contributed by atoms with E-state index in [1.54, 1.807) is 7.11 Å². The molecule has 15 heavy (non-hydrogen) atoms. The molecule has 3 atom stereocenters. The number of carbonyl (C=O) groups excluding carboxylic acids is 1. The molecule has 4 heteroatoms. The number of rotatable bonds is 7. The van der Waals surface area contributed by atoms with Crippen molar-refractivity contribution in [1.29, 1.82) is 0 Å². The van der Waals surface area contributed by atoms with Gasteiger partial charge in [0.05, 0.1) is 12.6 Å². The van der Waals surface area contributed by atoms with Crippen molar-refractivity contribution in [2.24, 2.45) is 11.8 Å². The number of hydrogen-bond donors (Lipinski definition) is 2. The van der Waals surface area contributed by atoms with Gasteiger partial charge in [-0.25, -0.2) is 0 Å². The maximum Gasteiger partial charge on any atom is 0.236 e. The van der Waals surface area contributed by atoms with E-state index in [1.165, 1.54) is 6.42 Å². The Bertz CT molecular complexity index is 209. The van der Waals surface area contributed by atoms with Gasteiger partial charge in [-0.15, -0.1) is 0 Å². The van der Waals surface area contributed by atoms with Gasteiger partial charge in [-0.05, 0) is 31.7 Å². The lowest BCUT2D eigenvalue weighted by Crippen LogP contribution is -2.43. The van der Waals surface area contributed by atoms with Gasteiger partial charge in [0.2, 0.25) is 5.91 Å². The van der Waals surface area contributed by atoms with Gasteiger partial charge in [-0.1, -0.05) is 6.92 Å². The van der Waals surface area contributed by atoms with Crippen LogP contribution >= 0.6 is 0 Å². The zero-order valence-corrected chi connectivity index (χ0v) is 9.88. The van der Waals surface area contributed by atoms with Crippen LogP contribution in [0.25, 0.3) is 0 Å². The first-order valence-corrected chi connectivity index (χ1v) is 5.65. The molecular formula is C11H22N2O2. The Labute approximate surface area is 91.8 Å². The summed E-state index contributed by atoms with van der Waals surface area (Å²) in [5.41, 5.74) is 0. The molecule has 0 aromatic rings. The second-order valence-electron chi connectivity index (χ2n) is 4.39. The molecule has 0 radical (unpaired) electrons. The van der Waals surface area contributed by atoms with Gasteiger partial charge < -0.3 is 15.4 Å². The molecule has 1 amide bonds. The van der Waals surface area contributed by atoms with Gasteiger partial charge in [-0.2, -0.15) is 0 Å². The summed E-state index contributed by atoms with van der Waals surface area (Å²) in [4.78, 5) is 11.5. The van der Waals surface area contributed by atoms with E-state index in [0.717, 1.165) is 18.4 Å². The Morgan fingerprint density at radius 2 is 2.27 bits per heavy atom. The zero-order chi connectivity index (χ0) is 11.3. The molecule has 1 saturated carbocycles. The molecule has 3 unspecified atom stereocenters. The largest absolute Gasteiger partial charge is 0.383 e. The molecule has 0 aliphatic heterocycles. The number of hydrogen-bond acceptors (Lipinski definition) is 3. The van der Waals surface area contributed by atoms with Crippen LogP contribution in [0.15, 0.2) is 0 Å². The second kappa shape index (κ2) is 6.08. The van der Waals surface area contributed by atoms with Crippen LogP contribution in [-0.4, -0.2) is 38.8 Å². The Hall–Kier alpha value is -0.610. The normalized spacial score (nSPS) is 26.1. The summed E-state index contributed by atoms with van der Waals surface area (Å²) in [7, 11) is 1.63. The second-order valence-corrected chi connectivity index (χ2v) is 4.39. The molecule has 1 aliphatic carbocycles. The number of methoxy groups -OCH3 is 1. The van der Waals surface area contributed by atoms with Crippen molar-refractivity contribution in [2.75, 3.05) is 26.8 Å². The van der Waals surface area contributed by atoms with Crippen LogP contribution in [0.2, 0.25) is 0 Å². The molecule has 0 bridgehead atoms. The summed E-state index contributed by atoms with van der Waals surface area (Å²) in [6.07, 6.45) is 1.30. The average Bonchev–Trinajstić information content (AvgIpc) is 2.91. The van der Waals surface area contributed by atoms with E-state index in [4.69, 9.17) is 4.74 Å². The number of amides is 1. The first-order chi connectivity index (χ1) is 7.15. The number of carbonyl (C=O) groups is 1. The Morgan fingerprint density at radius 3 is 2.80 bits per heavy atom. The third kappa shape index (κ3) is 4.62. The van der Waals surface area contributed by atoms with Crippen molar-refractivity contribution >= 4 is 5.91 Å². The monoisotopic (exact) mass is 214 g/mol. The predicted molar refractivity (Wildman–Crippen MR) is 59.6 cm³/mol. The minimum Gasteiger partial charge on any atom is -0.383 e. The average molecular weight is 214 g/mol. The van der Waals surface area contributed by atoms with Crippen molar-refractivity contribution in [3.8, 4) is 0 Å². The van der Waals surface area contributed by atoms with Gasteiger partial charge in [0.1, 0.15) is 0 Å². The van der Waals surface area contributed by atoms with Gasteiger partial charge >= 0.3 is 0 Å². The topological polar surface area (TPSA) is 50.4 Å². The van der Waals surface area contributed by atoms with E-state index in [9.17, 15) is 4.79 Å². The van der Waals surface area contributed by atoms with Crippen LogP contribution < -0.4 is 10.6 Å². The predicted octanol–water partition coefficient (Wildman–Crippen LogP) is 0.383. The van der Waals surface area contributed by atoms with E-state index in [0.29, 0.717) is 13.2 Å². The van der Waals surface area contributed by atoms with E-state index in [2.05, 4.69) is 17.6 Å². The van der Waals surface area contributed by atoms with Crippen molar-refractivity contribution in [3.05, 3.63) is 0 Å². The van der Waals surface area contributed by atoms with E-state index >= 15 is 0 Å². The summed E-state index contributed by atoms with van der Waals surface area (Å²) >= 11 is 0. The highest BCUT2D eigenvalue weighted by Crippen LogP contribution is 2.36. The van der Waals surface area contributed by atoms with Crippen LogP contribution in [0.3, 0.4) is 0 Å². The van der Waals surface area contributed by atoms with Crippen molar-refractivity contribution in [1.82, 2.24) is 10.6 Å². The summed E-state index contributed by atoms with van der Waals surface area (Å²) in [6, 6.07) is -0.102. The van der Waals surface area contributed by atoms with Crippen LogP contribution in [-0.2, 0) is 9.53 Å². The summed E-state index contributed by atoms with van der Waals surface area (Å²) in [5.74, 6) is 1.67. The fraction of sp³-hybridized carbons (Fsp3) is 0.909. The highest BCUT2D eigenvalue weighted by atomic mass is 16.5. The standard InChI is InChI=1S/C11H22N2O2/c1-8-6-10(8)7-13-9(2)11(14)12-4-5-15-3/h8-10,13H,4-7H2,1-3H3,(H,12,14). The molecule has 88 valence electrons. The molecule has 4 nitrogen and oxygen atoms in total. The van der Waals surface area contributed by atoms with E-state index in [-0.39, 0.29) is 11.9 Å². The van der Waals surface area contributed by atoms with Crippen molar-refractivity contribution in [3.63, 3.8) is 0 Å². The van der Waals surface area contributed by atoms with Crippen LogP contribution in [0.5, 0.6) is 0 Å². The number of ether oxygens (including phenoxy) is 1. The Kier molecular flexibility index (Phi) is 5.05. The lowest BCUT2D eigenvalue weighted by Gasteiger charge is -2.13. The molecular weight excluding hydrogens is 192 g/mol. The first-order valence-electron chi connectivity index (χ1n) is 5.65. The van der Waals surface area contributed by atoms with Crippen LogP contribution in [0, 0.1) is 11.8 Å². The zero-order valence-electron chi connectivity index (χ0n) is 9.88. The first kappa shape index (κ1) is 12.5. The molecule has 1 aliphatic rings. The molecule has 1 rings (SSSR count). The summed E-state index contributed by atoms with van der Waals surface area (Å²) in [5, 5.41) is 6.06. The van der Waals surface area contributed by atoms with E-state index in [1.807, 2.05) is 6.92 Å². The minimum atomic E-state index is -0.102. The summed E-state index contributed by atoms with van der Waals surface area (Å²) < 4.78 is 4.86. The molecule has 0 heterocycles. The molecule has 0 aromatic heterocycles. The molecule has 0 saturated heterocycles. The highest BCUT2D eigenvalue weighted by molar-refractivity contribution is 5.81. The van der Waals surface area contributed by atoms with Crippen molar-refractivity contribution in [2.45, 2.75) is 26.3 Å². The van der Waals surface area contributed by atoms with Crippen LogP contribution in [0.1, 0.15) is 20.3 Å². The SMILES string of the molecule is COCCNC(=O)C(C)NCC1CC1C. The fourth-order valence-electron chi connectivity index (χ4n) is 1.53. The van der Waals surface area contributed by atoms with Gasteiger partial charge in [-0.3, -0.25) is 4.79 Å². The lowest BCUT2D eigenvalue weighted by molar-refractivity contribution is -0.122. The van der Waals surface area contributed by atoms with Gasteiger partial charge in [0, 0.05) is 13.7 Å². The minimum absolute atomic E-state index is 0.0559. The quantitative estimate of drug-likeness (QED) is 0.603. The summed E-state index contributed by atoms with van der Waals surface area (Å²) in [6.45, 7) is 6.25. The third-order valence-electron chi connectivity index (χ3n) is 2.96. The maximum atomic E-state index is 11.5. The van der Waals surface area contributed by atoms with Crippen molar-refractivity contribution < 1.29 is 9.53 Å². The van der Waals surface area contributed by atoms with Gasteiger partial charge in [0.25, 0.3) is 0 Å². The smallest absolute Gasteiger partial charge is 0.236 e. The third-order valence-corrected chi connectivity index (χ3v) is 2.96. The number of nitrogens with one attached hydrogen (secondary N) is 2. The molecule has 1 fully saturated rings. The Balaban J connectivity index is 2.04. The molecule has 0 spiro atoms. The lowest BCUT2D eigenvalue weighted by atomic mass is 10.2. The molecule has 2 N–H and O–H groups in total. The maximum absolute atomic E-state index is 11.5. The highest BCUT2D eigenvalue weighted by Gasteiger charge is 2.32. The van der Waals surface area contributed by atoms with Crippen LogP contribution in [0.4, 0.5) is 0 Å². The van der Waals surface area contributed by atoms with E-state index < -0.39 is 0 Å². The molecule has 0 aromatic carbocycles. The Morgan fingerprint density at radius 1 is 1.60 bits per heavy atom. The fourth-order valence-corrected chi connectivity index (χ4v) is 1.53. The van der Waals surface area contributed by atoms with Gasteiger partial charge in [0.15, 0.2) is 0 Å².